The van der Waals surface area contributed by atoms with Gasteiger partial charge in [0.15, 0.2) is 0 Å². The molecule has 0 aromatic carbocycles. The van der Waals surface area contributed by atoms with Crippen LogP contribution in [0.25, 0.3) is 0 Å². The maximum Gasteiger partial charge on any atom is 0.0596 e. The van der Waals surface area contributed by atoms with Crippen molar-refractivity contribution in [3.8, 4) is 0 Å². The van der Waals surface area contributed by atoms with E-state index in [4.69, 9.17) is 5.73 Å². The van der Waals surface area contributed by atoms with Crippen molar-refractivity contribution in [2.75, 3.05) is 6.54 Å². The highest BCUT2D eigenvalue weighted by Gasteiger charge is 2.35. The summed E-state index contributed by atoms with van der Waals surface area (Å²) in [4.78, 5) is 0. The van der Waals surface area contributed by atoms with Gasteiger partial charge in [-0.2, -0.15) is 5.10 Å². The molecule has 20 heavy (non-hydrogen) atoms. The van der Waals surface area contributed by atoms with Crippen molar-refractivity contribution in [2.24, 2.45) is 23.0 Å². The molecule has 2 N–H and O–H groups in total. The van der Waals surface area contributed by atoms with Gasteiger partial charge in [-0.05, 0) is 75.8 Å². The first-order valence-corrected chi connectivity index (χ1v) is 8.23. The molecule has 1 fully saturated rings. The molecule has 3 heteroatoms. The first-order chi connectivity index (χ1) is 9.49. The van der Waals surface area contributed by atoms with Gasteiger partial charge in [-0.25, -0.2) is 0 Å². The molecule has 0 unspecified atom stereocenters. The number of nitrogens with two attached hydrogens (primary N) is 1. The fourth-order valence-electron chi connectivity index (χ4n) is 3.77. The van der Waals surface area contributed by atoms with Gasteiger partial charge < -0.3 is 5.73 Å². The van der Waals surface area contributed by atoms with Crippen LogP contribution in [0.15, 0.2) is 6.07 Å². The minimum atomic E-state index is 0.310. The Morgan fingerprint density at radius 2 is 2.05 bits per heavy atom. The molecule has 1 aliphatic rings. The van der Waals surface area contributed by atoms with Crippen molar-refractivity contribution < 1.29 is 0 Å². The highest BCUT2D eigenvalue weighted by molar-refractivity contribution is 5.12. The number of hydrogen-bond acceptors (Lipinski definition) is 2. The van der Waals surface area contributed by atoms with E-state index in [1.165, 1.54) is 31.4 Å². The molecule has 0 radical (unpaired) electrons. The van der Waals surface area contributed by atoms with E-state index >= 15 is 0 Å². The Hall–Kier alpha value is -0.830. The second-order valence-corrected chi connectivity index (χ2v) is 7.06. The molecular formula is C17H31N3. The molecule has 1 aliphatic carbocycles. The van der Waals surface area contributed by atoms with Crippen molar-refractivity contribution in [1.29, 1.82) is 0 Å². The molecule has 0 amide bonds. The normalized spacial score (nSPS) is 27.2. The second kappa shape index (κ2) is 6.30. The summed E-state index contributed by atoms with van der Waals surface area (Å²) >= 11 is 0. The number of hydrogen-bond donors (Lipinski definition) is 1. The van der Waals surface area contributed by atoms with E-state index in [0.717, 1.165) is 37.0 Å². The van der Waals surface area contributed by atoms with Crippen LogP contribution in [0.5, 0.6) is 0 Å². The summed E-state index contributed by atoms with van der Waals surface area (Å²) in [5.41, 5.74) is 8.99. The van der Waals surface area contributed by atoms with Gasteiger partial charge in [0, 0.05) is 12.2 Å². The lowest BCUT2D eigenvalue weighted by molar-refractivity contribution is 0.130. The van der Waals surface area contributed by atoms with Crippen molar-refractivity contribution in [2.45, 2.75) is 66.3 Å². The molecule has 1 heterocycles. The topological polar surface area (TPSA) is 43.8 Å². The number of aromatic nitrogens is 2. The Kier molecular flexibility index (Phi) is 4.90. The lowest BCUT2D eigenvalue weighted by atomic mass is 9.66. The standard InChI is InChI=1S/C17H31N3/c1-5-20-16(10-14(4)19-20)11-17(12-18)8-6-15(7-9-17)13(2)3/h10,13,15H,5-9,11-12,18H2,1-4H3. The SMILES string of the molecule is CCn1nc(C)cc1CC1(CN)CCC(C(C)C)CC1. The Labute approximate surface area is 123 Å². The summed E-state index contributed by atoms with van der Waals surface area (Å²) in [6.07, 6.45) is 6.34. The van der Waals surface area contributed by atoms with E-state index in [9.17, 15) is 0 Å². The molecule has 0 bridgehead atoms. The zero-order valence-corrected chi connectivity index (χ0v) is 13.7. The largest absolute Gasteiger partial charge is 0.330 e. The smallest absolute Gasteiger partial charge is 0.0596 e. The van der Waals surface area contributed by atoms with Crippen LogP contribution in [0.4, 0.5) is 0 Å². The predicted octanol–water partition coefficient (Wildman–Crippen LogP) is 3.55. The lowest BCUT2D eigenvalue weighted by Crippen LogP contribution is -2.38. The monoisotopic (exact) mass is 277 g/mol. The van der Waals surface area contributed by atoms with E-state index in [0.29, 0.717) is 5.41 Å². The van der Waals surface area contributed by atoms with E-state index in [2.05, 4.69) is 43.5 Å². The van der Waals surface area contributed by atoms with Crippen molar-refractivity contribution in [3.05, 3.63) is 17.5 Å². The summed E-state index contributed by atoms with van der Waals surface area (Å²) in [5, 5.41) is 4.58. The highest BCUT2D eigenvalue weighted by atomic mass is 15.3. The van der Waals surface area contributed by atoms with Gasteiger partial charge in [-0.1, -0.05) is 13.8 Å². The van der Waals surface area contributed by atoms with Gasteiger partial charge in [-0.3, -0.25) is 4.68 Å². The molecular weight excluding hydrogens is 246 g/mol. The minimum Gasteiger partial charge on any atom is -0.330 e. The maximum atomic E-state index is 6.18. The summed E-state index contributed by atoms with van der Waals surface area (Å²) < 4.78 is 2.15. The zero-order valence-electron chi connectivity index (χ0n) is 13.7. The second-order valence-electron chi connectivity index (χ2n) is 7.06. The van der Waals surface area contributed by atoms with Gasteiger partial charge >= 0.3 is 0 Å². The quantitative estimate of drug-likeness (QED) is 0.894. The van der Waals surface area contributed by atoms with Crippen LogP contribution in [0.3, 0.4) is 0 Å². The Bertz CT molecular complexity index is 425. The molecule has 1 aromatic heterocycles. The minimum absolute atomic E-state index is 0.310. The summed E-state index contributed by atoms with van der Waals surface area (Å²) in [6.45, 7) is 10.7. The van der Waals surface area contributed by atoms with Gasteiger partial charge in [0.1, 0.15) is 0 Å². The average Bonchev–Trinajstić information content (AvgIpc) is 2.79. The van der Waals surface area contributed by atoms with Crippen molar-refractivity contribution in [1.82, 2.24) is 9.78 Å². The Balaban J connectivity index is 2.09. The third kappa shape index (κ3) is 3.25. The number of rotatable bonds is 5. The van der Waals surface area contributed by atoms with Crippen LogP contribution in [0.2, 0.25) is 0 Å². The molecule has 0 spiro atoms. The van der Waals surface area contributed by atoms with Gasteiger partial charge in [0.25, 0.3) is 0 Å². The van der Waals surface area contributed by atoms with Crippen LogP contribution in [0, 0.1) is 24.2 Å². The summed E-state index contributed by atoms with van der Waals surface area (Å²) in [6, 6.07) is 2.25. The number of aryl methyl sites for hydroxylation is 2. The van der Waals surface area contributed by atoms with Gasteiger partial charge in [0.2, 0.25) is 0 Å². The van der Waals surface area contributed by atoms with Crippen LogP contribution < -0.4 is 5.73 Å². The van der Waals surface area contributed by atoms with Crippen LogP contribution >= 0.6 is 0 Å². The molecule has 1 saturated carbocycles. The molecule has 0 atom stereocenters. The van der Waals surface area contributed by atoms with Crippen LogP contribution in [-0.2, 0) is 13.0 Å². The molecule has 0 aliphatic heterocycles. The van der Waals surface area contributed by atoms with E-state index in [-0.39, 0.29) is 0 Å². The van der Waals surface area contributed by atoms with Crippen molar-refractivity contribution >= 4 is 0 Å². The fourth-order valence-corrected chi connectivity index (χ4v) is 3.77. The molecule has 1 aromatic rings. The Morgan fingerprint density at radius 3 is 2.55 bits per heavy atom. The highest BCUT2D eigenvalue weighted by Crippen LogP contribution is 2.43. The molecule has 3 nitrogen and oxygen atoms in total. The predicted molar refractivity (Wildman–Crippen MR) is 84.6 cm³/mol. The van der Waals surface area contributed by atoms with E-state index in [1.807, 2.05) is 0 Å². The maximum absolute atomic E-state index is 6.18. The number of nitrogens with zero attached hydrogens (tertiary/aromatic N) is 2. The zero-order chi connectivity index (χ0) is 14.8. The van der Waals surface area contributed by atoms with E-state index < -0.39 is 0 Å². The third-order valence-corrected chi connectivity index (χ3v) is 5.31. The van der Waals surface area contributed by atoms with Crippen LogP contribution in [-0.4, -0.2) is 16.3 Å². The van der Waals surface area contributed by atoms with Gasteiger partial charge in [0.05, 0.1) is 5.69 Å². The fraction of sp³-hybridized carbons (Fsp3) is 0.824. The third-order valence-electron chi connectivity index (χ3n) is 5.31. The van der Waals surface area contributed by atoms with E-state index in [1.54, 1.807) is 0 Å². The molecule has 114 valence electrons. The first-order valence-electron chi connectivity index (χ1n) is 8.23. The molecule has 2 rings (SSSR count). The summed E-state index contributed by atoms with van der Waals surface area (Å²) in [7, 11) is 0. The average molecular weight is 277 g/mol. The Morgan fingerprint density at radius 1 is 1.40 bits per heavy atom. The van der Waals surface area contributed by atoms with Gasteiger partial charge in [-0.15, -0.1) is 0 Å². The van der Waals surface area contributed by atoms with Crippen molar-refractivity contribution in [3.63, 3.8) is 0 Å². The summed E-state index contributed by atoms with van der Waals surface area (Å²) in [5.74, 6) is 1.71. The first kappa shape index (κ1) is 15.6. The molecule has 0 saturated heterocycles. The lowest BCUT2D eigenvalue weighted by Gasteiger charge is -2.41. The van der Waals surface area contributed by atoms with Crippen LogP contribution in [0.1, 0.15) is 57.8 Å².